The topological polar surface area (TPSA) is 122 Å². The first-order valence-electron chi connectivity index (χ1n) is 8.31. The van der Waals surface area contributed by atoms with Gasteiger partial charge in [-0.15, -0.1) is 0 Å². The summed E-state index contributed by atoms with van der Waals surface area (Å²) in [6.45, 7) is 5.69. The Morgan fingerprint density at radius 1 is 0.920 bits per heavy atom. The Hall–Kier alpha value is -2.22. The molecule has 2 heterocycles. The van der Waals surface area contributed by atoms with Crippen LogP contribution < -0.4 is 17.2 Å². The fourth-order valence-electron chi connectivity index (χ4n) is 2.55. The molecule has 25 heavy (non-hydrogen) atoms. The van der Waals surface area contributed by atoms with Gasteiger partial charge in [-0.1, -0.05) is 0 Å². The summed E-state index contributed by atoms with van der Waals surface area (Å²) >= 11 is 0. The lowest BCUT2D eigenvalue weighted by Crippen LogP contribution is -2.25. The molecule has 0 aliphatic rings. The van der Waals surface area contributed by atoms with Crippen molar-refractivity contribution in [2.24, 2.45) is 5.73 Å². The zero-order valence-corrected chi connectivity index (χ0v) is 14.9. The van der Waals surface area contributed by atoms with Crippen LogP contribution in [0.15, 0.2) is 24.3 Å². The zero-order valence-electron chi connectivity index (χ0n) is 14.9. The fraction of sp³-hybridized carbons (Fsp3) is 0.444. The minimum absolute atomic E-state index is 0.0981. The maximum absolute atomic E-state index is 5.82. The predicted octanol–water partition coefficient (Wildman–Crippen LogP) is 1.71. The number of nitrogens with two attached hydrogens (primary N) is 3. The van der Waals surface area contributed by atoms with Gasteiger partial charge in [0.2, 0.25) is 0 Å². The van der Waals surface area contributed by atoms with Crippen molar-refractivity contribution in [2.75, 3.05) is 24.6 Å². The second kappa shape index (κ2) is 9.31. The third-order valence-corrected chi connectivity index (χ3v) is 3.65. The largest absolute Gasteiger partial charge is 0.384 e. The van der Waals surface area contributed by atoms with Crippen molar-refractivity contribution in [3.8, 4) is 0 Å². The summed E-state index contributed by atoms with van der Waals surface area (Å²) in [5, 5.41) is 0. The van der Waals surface area contributed by atoms with Crippen molar-refractivity contribution >= 4 is 11.6 Å². The number of pyridine rings is 2. The Morgan fingerprint density at radius 3 is 2.00 bits per heavy atom. The molecule has 0 saturated carbocycles. The summed E-state index contributed by atoms with van der Waals surface area (Å²) in [6.07, 6.45) is 0.595. The monoisotopic (exact) mass is 345 g/mol. The average molecular weight is 345 g/mol. The molecule has 7 heteroatoms. The molecule has 0 spiro atoms. The van der Waals surface area contributed by atoms with E-state index in [1.54, 1.807) is 0 Å². The number of hydrogen-bond acceptors (Lipinski definition) is 7. The molecule has 0 saturated heterocycles. The van der Waals surface area contributed by atoms with Crippen LogP contribution in [0.1, 0.15) is 28.9 Å². The molecule has 2 aromatic rings. The molecule has 0 bridgehead atoms. The summed E-state index contributed by atoms with van der Waals surface area (Å²) in [5.74, 6) is 1.00. The van der Waals surface area contributed by atoms with E-state index in [0.29, 0.717) is 44.4 Å². The molecular formula is C18H27N5O2. The van der Waals surface area contributed by atoms with Gasteiger partial charge in [0.1, 0.15) is 11.6 Å². The highest BCUT2D eigenvalue weighted by molar-refractivity contribution is 5.34. The van der Waals surface area contributed by atoms with E-state index >= 15 is 0 Å². The van der Waals surface area contributed by atoms with Crippen molar-refractivity contribution < 1.29 is 9.47 Å². The zero-order chi connectivity index (χ0) is 18.2. The van der Waals surface area contributed by atoms with E-state index in [9.17, 15) is 0 Å². The fourth-order valence-corrected chi connectivity index (χ4v) is 2.55. The Morgan fingerprint density at radius 2 is 1.48 bits per heavy atom. The van der Waals surface area contributed by atoms with E-state index in [0.717, 1.165) is 22.5 Å². The molecule has 7 nitrogen and oxygen atoms in total. The lowest BCUT2D eigenvalue weighted by Gasteiger charge is -2.16. The molecular weight excluding hydrogens is 318 g/mol. The van der Waals surface area contributed by atoms with Gasteiger partial charge < -0.3 is 26.7 Å². The van der Waals surface area contributed by atoms with Crippen LogP contribution in [0.5, 0.6) is 0 Å². The number of nitrogen functional groups attached to an aromatic ring is 2. The molecule has 2 aromatic heterocycles. The molecule has 0 aromatic carbocycles. The summed E-state index contributed by atoms with van der Waals surface area (Å²) in [6, 6.07) is 7.56. The minimum atomic E-state index is -0.0981. The third-order valence-electron chi connectivity index (χ3n) is 3.65. The first-order chi connectivity index (χ1) is 12.0. The normalized spacial score (nSPS) is 12.3. The van der Waals surface area contributed by atoms with E-state index < -0.39 is 0 Å². The molecule has 0 aliphatic heterocycles. The highest BCUT2D eigenvalue weighted by Gasteiger charge is 2.09. The third kappa shape index (κ3) is 6.66. The number of nitrogens with zero attached hydrogens (tertiary/aromatic N) is 2. The second-order valence-corrected chi connectivity index (χ2v) is 6.13. The number of anilines is 2. The first-order valence-corrected chi connectivity index (χ1v) is 8.31. The van der Waals surface area contributed by atoms with Gasteiger partial charge in [-0.3, -0.25) is 0 Å². The van der Waals surface area contributed by atoms with Gasteiger partial charge in [-0.2, -0.15) is 0 Å². The van der Waals surface area contributed by atoms with Gasteiger partial charge in [0, 0.05) is 13.2 Å². The van der Waals surface area contributed by atoms with Crippen molar-refractivity contribution in [2.45, 2.75) is 39.6 Å². The number of aromatic nitrogens is 2. The van der Waals surface area contributed by atoms with Gasteiger partial charge in [-0.25, -0.2) is 9.97 Å². The first kappa shape index (κ1) is 19.1. The SMILES string of the molecule is Cc1cc(N)nc(COCC[C@H](CN)OCc2cc(C)cc(N)n2)c1. The highest BCUT2D eigenvalue weighted by Crippen LogP contribution is 2.11. The molecule has 0 fully saturated rings. The summed E-state index contributed by atoms with van der Waals surface area (Å²) < 4.78 is 11.5. The molecule has 6 N–H and O–H groups in total. The van der Waals surface area contributed by atoms with E-state index in [2.05, 4.69) is 9.97 Å². The lowest BCUT2D eigenvalue weighted by atomic mass is 10.2. The molecule has 0 unspecified atom stereocenters. The number of rotatable bonds is 9. The smallest absolute Gasteiger partial charge is 0.123 e. The van der Waals surface area contributed by atoms with Gasteiger partial charge in [0.15, 0.2) is 0 Å². The van der Waals surface area contributed by atoms with Crippen LogP contribution in [-0.2, 0) is 22.7 Å². The van der Waals surface area contributed by atoms with Gasteiger partial charge in [-0.05, 0) is 55.7 Å². The van der Waals surface area contributed by atoms with Crippen molar-refractivity contribution in [1.29, 1.82) is 0 Å². The van der Waals surface area contributed by atoms with Crippen LogP contribution in [0.25, 0.3) is 0 Å². The van der Waals surface area contributed by atoms with E-state index in [1.165, 1.54) is 0 Å². The molecule has 0 aliphatic carbocycles. The van der Waals surface area contributed by atoms with E-state index in [1.807, 2.05) is 38.1 Å². The van der Waals surface area contributed by atoms with Crippen molar-refractivity contribution in [1.82, 2.24) is 9.97 Å². The summed E-state index contributed by atoms with van der Waals surface area (Å²) in [7, 11) is 0. The van der Waals surface area contributed by atoms with Gasteiger partial charge >= 0.3 is 0 Å². The Bertz CT molecular complexity index is 653. The van der Waals surface area contributed by atoms with Crippen LogP contribution in [0.2, 0.25) is 0 Å². The second-order valence-electron chi connectivity index (χ2n) is 6.13. The minimum Gasteiger partial charge on any atom is -0.384 e. The van der Waals surface area contributed by atoms with Gasteiger partial charge in [0.25, 0.3) is 0 Å². The van der Waals surface area contributed by atoms with Crippen LogP contribution in [0, 0.1) is 13.8 Å². The maximum Gasteiger partial charge on any atom is 0.123 e. The molecule has 1 atom stereocenters. The highest BCUT2D eigenvalue weighted by atomic mass is 16.5. The van der Waals surface area contributed by atoms with E-state index in [4.69, 9.17) is 26.7 Å². The van der Waals surface area contributed by atoms with Gasteiger partial charge in [0.05, 0.1) is 30.7 Å². The molecule has 2 rings (SSSR count). The summed E-state index contributed by atoms with van der Waals surface area (Å²) in [5.41, 5.74) is 21.0. The standard InChI is InChI=1S/C18H27N5O2/c1-12-5-14(22-17(20)7-12)10-24-4-3-16(9-19)25-11-15-6-13(2)8-18(21)23-15/h5-8,16H,3-4,9-11,19H2,1-2H3,(H2,20,22)(H2,21,23)/t16-/m1/s1. The molecule has 136 valence electrons. The molecule has 0 amide bonds. The van der Waals surface area contributed by atoms with Crippen molar-refractivity contribution in [3.63, 3.8) is 0 Å². The Balaban J connectivity index is 1.74. The summed E-state index contributed by atoms with van der Waals surface area (Å²) in [4.78, 5) is 8.49. The number of aryl methyl sites for hydroxylation is 2. The van der Waals surface area contributed by atoms with Crippen LogP contribution >= 0.6 is 0 Å². The lowest BCUT2D eigenvalue weighted by molar-refractivity contribution is 0.0120. The van der Waals surface area contributed by atoms with E-state index in [-0.39, 0.29) is 6.10 Å². The number of ether oxygens (including phenoxy) is 2. The molecule has 0 radical (unpaired) electrons. The van der Waals surface area contributed by atoms with Crippen LogP contribution in [-0.4, -0.2) is 29.2 Å². The maximum atomic E-state index is 5.82. The number of hydrogen-bond donors (Lipinski definition) is 3. The van der Waals surface area contributed by atoms with Crippen LogP contribution in [0.4, 0.5) is 11.6 Å². The van der Waals surface area contributed by atoms with Crippen molar-refractivity contribution in [3.05, 3.63) is 46.8 Å². The Labute approximate surface area is 148 Å². The predicted molar refractivity (Wildman–Crippen MR) is 98.7 cm³/mol. The average Bonchev–Trinajstić information content (AvgIpc) is 2.52. The van der Waals surface area contributed by atoms with Crippen LogP contribution in [0.3, 0.4) is 0 Å². The Kier molecular flexibility index (Phi) is 7.12. The quantitative estimate of drug-likeness (QED) is 0.591.